The van der Waals surface area contributed by atoms with Gasteiger partial charge in [0.25, 0.3) is 0 Å². The Hall–Kier alpha value is -2.30. The Morgan fingerprint density at radius 1 is 1.33 bits per heavy atom. The number of carbonyl (C=O) groups is 1. The van der Waals surface area contributed by atoms with Gasteiger partial charge in [0.15, 0.2) is 0 Å². The van der Waals surface area contributed by atoms with Crippen molar-refractivity contribution < 1.29 is 4.79 Å². The van der Waals surface area contributed by atoms with E-state index in [0.717, 1.165) is 16.3 Å². The highest BCUT2D eigenvalue weighted by Crippen LogP contribution is 2.21. The summed E-state index contributed by atoms with van der Waals surface area (Å²) in [6, 6.07) is 5.11. The largest absolute Gasteiger partial charge is 0.366 e. The molecule has 15 heavy (non-hydrogen) atoms. The summed E-state index contributed by atoms with van der Waals surface area (Å²) in [7, 11) is 0. The molecule has 2 aliphatic heterocycles. The van der Waals surface area contributed by atoms with Gasteiger partial charge in [-0.2, -0.15) is 5.11 Å². The van der Waals surface area contributed by atoms with Gasteiger partial charge in [0.05, 0.1) is 11.6 Å². The number of carbonyl (C=O) groups excluding carboxylic acids is 1. The zero-order valence-corrected chi connectivity index (χ0v) is 7.64. The number of nitrogens with two attached hydrogens (primary N) is 1. The van der Waals surface area contributed by atoms with E-state index in [9.17, 15) is 4.79 Å². The second kappa shape index (κ2) is 2.60. The van der Waals surface area contributed by atoms with Crippen LogP contribution in [0, 0.1) is 0 Å². The number of hydrogen-bond donors (Lipinski definition) is 1. The van der Waals surface area contributed by atoms with E-state index in [-0.39, 0.29) is 0 Å². The summed E-state index contributed by atoms with van der Waals surface area (Å²) >= 11 is 0. The fourth-order valence-electron chi connectivity index (χ4n) is 1.63. The van der Waals surface area contributed by atoms with E-state index in [0.29, 0.717) is 11.3 Å². The summed E-state index contributed by atoms with van der Waals surface area (Å²) in [4.78, 5) is 15.3. The van der Waals surface area contributed by atoms with Crippen LogP contribution in [-0.2, 0) is 0 Å². The Labute approximate surface area is 84.3 Å². The first-order valence-corrected chi connectivity index (χ1v) is 4.40. The molecule has 0 saturated carbocycles. The monoisotopic (exact) mass is 198 g/mol. The quantitative estimate of drug-likeness (QED) is 0.668. The first-order chi connectivity index (χ1) is 7.25. The zero-order chi connectivity index (χ0) is 10.4. The lowest BCUT2D eigenvalue weighted by molar-refractivity contribution is 0.1000. The summed E-state index contributed by atoms with van der Waals surface area (Å²) in [5.74, 6) is -0.453. The molecule has 2 N–H and O–H groups in total. The molecule has 0 saturated heterocycles. The van der Waals surface area contributed by atoms with Crippen LogP contribution in [0.15, 0.2) is 45.3 Å². The zero-order valence-electron chi connectivity index (χ0n) is 7.64. The van der Waals surface area contributed by atoms with Gasteiger partial charge in [-0.05, 0) is 18.2 Å². The molecular formula is C10H6N4O. The lowest BCUT2D eigenvalue weighted by atomic mass is 10.1. The van der Waals surface area contributed by atoms with Gasteiger partial charge in [0.1, 0.15) is 11.4 Å². The van der Waals surface area contributed by atoms with Gasteiger partial charge >= 0.3 is 0 Å². The molecule has 5 heteroatoms. The van der Waals surface area contributed by atoms with E-state index in [1.165, 1.54) is 0 Å². The van der Waals surface area contributed by atoms with Crippen molar-refractivity contribution in [2.45, 2.75) is 0 Å². The maximum absolute atomic E-state index is 11.0. The van der Waals surface area contributed by atoms with Crippen molar-refractivity contribution in [1.29, 1.82) is 0 Å². The normalized spacial score (nSPS) is 15.7. The summed E-state index contributed by atoms with van der Waals surface area (Å²) in [5.41, 5.74) is 7.11. The van der Waals surface area contributed by atoms with Crippen LogP contribution in [0.1, 0.15) is 10.4 Å². The molecule has 0 fully saturated rings. The SMILES string of the molecule is NC(=O)c1ccc2c(c1)=C1N=NC=C1N=2. The highest BCUT2D eigenvalue weighted by atomic mass is 16.1. The number of amides is 1. The molecule has 3 rings (SSSR count). The first kappa shape index (κ1) is 8.05. The molecule has 0 aromatic heterocycles. The molecular weight excluding hydrogens is 192 g/mol. The molecule has 0 spiro atoms. The van der Waals surface area contributed by atoms with Crippen molar-refractivity contribution in [3.05, 3.63) is 46.2 Å². The Morgan fingerprint density at radius 2 is 2.20 bits per heavy atom. The van der Waals surface area contributed by atoms with Gasteiger partial charge in [0, 0.05) is 10.8 Å². The third-order valence-electron chi connectivity index (χ3n) is 2.36. The Kier molecular flexibility index (Phi) is 1.39. The minimum absolute atomic E-state index is 0.453. The molecule has 1 amide bonds. The molecule has 0 radical (unpaired) electrons. The molecule has 72 valence electrons. The van der Waals surface area contributed by atoms with Crippen LogP contribution in [0.3, 0.4) is 0 Å². The number of hydrogen-bond acceptors (Lipinski definition) is 4. The van der Waals surface area contributed by atoms with Crippen LogP contribution in [-0.4, -0.2) is 5.91 Å². The predicted octanol–water partition coefficient (Wildman–Crippen LogP) is -0.166. The van der Waals surface area contributed by atoms with Gasteiger partial charge in [-0.15, -0.1) is 5.11 Å². The average Bonchev–Trinajstić information content (AvgIpc) is 2.75. The van der Waals surface area contributed by atoms with Gasteiger partial charge < -0.3 is 5.73 Å². The Bertz CT molecular complexity index is 654. The van der Waals surface area contributed by atoms with Crippen LogP contribution in [0.25, 0.3) is 5.70 Å². The first-order valence-electron chi connectivity index (χ1n) is 4.40. The van der Waals surface area contributed by atoms with Crippen LogP contribution in [0.5, 0.6) is 0 Å². The Balaban J connectivity index is 2.40. The highest BCUT2D eigenvalue weighted by molar-refractivity contribution is 5.93. The molecule has 0 aliphatic carbocycles. The second-order valence-electron chi connectivity index (χ2n) is 3.29. The molecule has 0 unspecified atom stereocenters. The maximum atomic E-state index is 11.0. The molecule has 0 bridgehead atoms. The standard InChI is InChI=1S/C10H6N4O/c11-10(15)5-1-2-7-6(3-5)9-8(13-7)4-12-14-9/h1-4H,(H2,11,15). The van der Waals surface area contributed by atoms with E-state index in [1.807, 2.05) is 0 Å². The summed E-state index contributed by atoms with van der Waals surface area (Å²) < 4.78 is 0. The lowest BCUT2D eigenvalue weighted by Gasteiger charge is -1.92. The second-order valence-corrected chi connectivity index (χ2v) is 3.29. The minimum Gasteiger partial charge on any atom is -0.366 e. The van der Waals surface area contributed by atoms with Crippen LogP contribution in [0.4, 0.5) is 0 Å². The van der Waals surface area contributed by atoms with Crippen LogP contribution >= 0.6 is 0 Å². The van der Waals surface area contributed by atoms with Crippen molar-refractivity contribution in [3.63, 3.8) is 0 Å². The van der Waals surface area contributed by atoms with Gasteiger partial charge in [-0.3, -0.25) is 4.79 Å². The van der Waals surface area contributed by atoms with Crippen molar-refractivity contribution in [2.75, 3.05) is 0 Å². The number of nitrogens with zero attached hydrogens (tertiary/aromatic N) is 3. The summed E-state index contributed by atoms with van der Waals surface area (Å²) in [6.45, 7) is 0. The number of fused-ring (bicyclic) bond motifs is 2. The fraction of sp³-hybridized carbons (Fsp3) is 0. The molecule has 2 aliphatic rings. The van der Waals surface area contributed by atoms with E-state index in [4.69, 9.17) is 5.73 Å². The number of benzene rings is 1. The maximum Gasteiger partial charge on any atom is 0.248 e. The number of azo groups is 1. The fourth-order valence-corrected chi connectivity index (χ4v) is 1.63. The topological polar surface area (TPSA) is 80.2 Å². The van der Waals surface area contributed by atoms with Crippen molar-refractivity contribution in [2.24, 2.45) is 21.0 Å². The highest BCUT2D eigenvalue weighted by Gasteiger charge is 2.16. The smallest absolute Gasteiger partial charge is 0.248 e. The van der Waals surface area contributed by atoms with Crippen molar-refractivity contribution >= 4 is 11.6 Å². The third kappa shape index (κ3) is 1.03. The van der Waals surface area contributed by atoms with E-state index >= 15 is 0 Å². The van der Waals surface area contributed by atoms with E-state index in [1.54, 1.807) is 24.4 Å². The van der Waals surface area contributed by atoms with Gasteiger partial charge in [-0.1, -0.05) is 0 Å². The van der Waals surface area contributed by atoms with E-state index < -0.39 is 5.91 Å². The van der Waals surface area contributed by atoms with Gasteiger partial charge in [-0.25, -0.2) is 4.99 Å². The number of primary amides is 1. The molecule has 1 aromatic rings. The van der Waals surface area contributed by atoms with E-state index in [2.05, 4.69) is 15.2 Å². The van der Waals surface area contributed by atoms with Crippen LogP contribution in [0.2, 0.25) is 0 Å². The average molecular weight is 198 g/mol. The van der Waals surface area contributed by atoms with Gasteiger partial charge in [0.2, 0.25) is 5.91 Å². The number of rotatable bonds is 1. The summed E-state index contributed by atoms with van der Waals surface area (Å²) in [5, 5.41) is 9.32. The third-order valence-corrected chi connectivity index (χ3v) is 2.36. The Morgan fingerprint density at radius 3 is 3.00 bits per heavy atom. The molecule has 2 heterocycles. The molecule has 1 aromatic carbocycles. The molecule has 5 nitrogen and oxygen atoms in total. The lowest BCUT2D eigenvalue weighted by Crippen LogP contribution is -2.25. The van der Waals surface area contributed by atoms with Crippen molar-refractivity contribution in [3.8, 4) is 0 Å². The summed E-state index contributed by atoms with van der Waals surface area (Å²) in [6.07, 6.45) is 1.60. The predicted molar refractivity (Wildman–Crippen MR) is 52.1 cm³/mol. The van der Waals surface area contributed by atoms with Crippen molar-refractivity contribution in [1.82, 2.24) is 0 Å². The molecule has 0 atom stereocenters. The minimum atomic E-state index is -0.453. The van der Waals surface area contributed by atoms with Crippen LogP contribution < -0.4 is 16.3 Å².